The van der Waals surface area contributed by atoms with Crippen molar-refractivity contribution in [1.82, 2.24) is 0 Å². The Bertz CT molecular complexity index is 464. The Hall–Kier alpha value is -1.44. The number of ketones is 1. The van der Waals surface area contributed by atoms with E-state index in [0.717, 1.165) is 30.7 Å². The molecule has 0 saturated heterocycles. The first-order valence-electron chi connectivity index (χ1n) is 7.86. The summed E-state index contributed by atoms with van der Waals surface area (Å²) in [6.07, 6.45) is 6.76. The topological polar surface area (TPSA) is 29.4 Å². The molecule has 2 atom stereocenters. The number of hydrogen-bond donors (Lipinski definition) is 0. The van der Waals surface area contributed by atoms with E-state index in [1.165, 1.54) is 19.3 Å². The molecular formula is C18H25NO. The van der Waals surface area contributed by atoms with Crippen molar-refractivity contribution in [3.8, 4) is 0 Å². The number of para-hydroxylation sites is 1. The Labute approximate surface area is 122 Å². The fourth-order valence-corrected chi connectivity index (χ4v) is 3.06. The van der Waals surface area contributed by atoms with E-state index in [1.54, 1.807) is 0 Å². The van der Waals surface area contributed by atoms with Gasteiger partial charge in [-0.15, -0.1) is 0 Å². The minimum Gasteiger partial charge on any atom is -0.299 e. The maximum atomic E-state index is 12.5. The summed E-state index contributed by atoms with van der Waals surface area (Å²) in [6, 6.07) is 9.93. The lowest BCUT2D eigenvalue weighted by Crippen LogP contribution is -2.20. The average Bonchev–Trinajstić information content (AvgIpc) is 2.82. The molecule has 2 nitrogen and oxygen atoms in total. The van der Waals surface area contributed by atoms with Crippen molar-refractivity contribution in [1.29, 1.82) is 0 Å². The van der Waals surface area contributed by atoms with E-state index in [4.69, 9.17) is 0 Å². The molecule has 2 unspecified atom stereocenters. The van der Waals surface area contributed by atoms with Gasteiger partial charge in [-0.05, 0) is 38.3 Å². The molecule has 1 fully saturated rings. The number of nitrogens with zero attached hydrogens (tertiary/aromatic N) is 1. The van der Waals surface area contributed by atoms with Crippen molar-refractivity contribution in [2.24, 2.45) is 16.8 Å². The number of unbranched alkanes of at least 4 members (excludes halogenated alkanes) is 2. The van der Waals surface area contributed by atoms with Gasteiger partial charge in [0, 0.05) is 11.6 Å². The highest BCUT2D eigenvalue weighted by molar-refractivity contribution is 6.06. The second kappa shape index (κ2) is 7.37. The molecule has 108 valence electrons. The van der Waals surface area contributed by atoms with Crippen molar-refractivity contribution in [3.05, 3.63) is 30.3 Å². The Kier molecular flexibility index (Phi) is 5.51. The highest BCUT2D eigenvalue weighted by Gasteiger charge is 2.35. The van der Waals surface area contributed by atoms with E-state index in [-0.39, 0.29) is 11.8 Å². The van der Waals surface area contributed by atoms with Crippen LogP contribution in [0.1, 0.15) is 52.4 Å². The highest BCUT2D eigenvalue weighted by atomic mass is 16.1. The molecule has 20 heavy (non-hydrogen) atoms. The van der Waals surface area contributed by atoms with Crippen molar-refractivity contribution in [2.45, 2.75) is 52.4 Å². The zero-order valence-corrected chi connectivity index (χ0v) is 12.6. The lowest BCUT2D eigenvalue weighted by atomic mass is 9.95. The van der Waals surface area contributed by atoms with Gasteiger partial charge in [0.2, 0.25) is 0 Å². The summed E-state index contributed by atoms with van der Waals surface area (Å²) < 4.78 is 0. The molecule has 1 aromatic rings. The second-order valence-electron chi connectivity index (χ2n) is 5.81. The number of carbonyl (C=O) groups is 1. The van der Waals surface area contributed by atoms with Crippen LogP contribution < -0.4 is 0 Å². The first-order valence-corrected chi connectivity index (χ1v) is 7.86. The van der Waals surface area contributed by atoms with Crippen LogP contribution in [0.5, 0.6) is 0 Å². The van der Waals surface area contributed by atoms with Crippen LogP contribution in [0.3, 0.4) is 0 Å². The van der Waals surface area contributed by atoms with Gasteiger partial charge in [-0.1, -0.05) is 44.4 Å². The van der Waals surface area contributed by atoms with Gasteiger partial charge in [0.15, 0.2) is 0 Å². The Morgan fingerprint density at radius 2 is 1.95 bits per heavy atom. The first kappa shape index (κ1) is 15.0. The van der Waals surface area contributed by atoms with Gasteiger partial charge >= 0.3 is 0 Å². The molecule has 0 aromatic heterocycles. The van der Waals surface area contributed by atoms with Gasteiger partial charge in [0.25, 0.3) is 0 Å². The lowest BCUT2D eigenvalue weighted by Gasteiger charge is -2.10. The van der Waals surface area contributed by atoms with Crippen LogP contribution in [-0.4, -0.2) is 11.5 Å². The number of benzene rings is 1. The smallest absolute Gasteiger partial charge is 0.144 e. The van der Waals surface area contributed by atoms with Gasteiger partial charge in [-0.25, -0.2) is 0 Å². The molecule has 0 N–H and O–H groups in total. The summed E-state index contributed by atoms with van der Waals surface area (Å²) in [6.45, 7) is 4.21. The second-order valence-corrected chi connectivity index (χ2v) is 5.81. The predicted molar refractivity (Wildman–Crippen MR) is 84.6 cm³/mol. The van der Waals surface area contributed by atoms with Crippen molar-refractivity contribution in [2.75, 3.05) is 0 Å². The number of Topliss-reactive ketones (excluding diaryl/α,β-unsaturated/α-hetero) is 1. The Balaban J connectivity index is 1.96. The Morgan fingerprint density at radius 3 is 2.65 bits per heavy atom. The number of rotatable bonds is 6. The third-order valence-electron chi connectivity index (χ3n) is 4.27. The predicted octanol–water partition coefficient (Wildman–Crippen LogP) is 4.95. The van der Waals surface area contributed by atoms with E-state index in [9.17, 15) is 4.79 Å². The van der Waals surface area contributed by atoms with Gasteiger partial charge < -0.3 is 0 Å². The molecular weight excluding hydrogens is 246 g/mol. The van der Waals surface area contributed by atoms with E-state index in [1.807, 2.05) is 37.3 Å². The number of hydrogen-bond acceptors (Lipinski definition) is 2. The molecule has 0 bridgehead atoms. The van der Waals surface area contributed by atoms with Crippen molar-refractivity contribution < 1.29 is 4.79 Å². The Morgan fingerprint density at radius 1 is 1.20 bits per heavy atom. The van der Waals surface area contributed by atoms with Crippen LogP contribution >= 0.6 is 0 Å². The van der Waals surface area contributed by atoms with E-state index in [2.05, 4.69) is 11.9 Å². The molecule has 0 aliphatic heterocycles. The standard InChI is InChI=1S/C18H25NO/c1-3-4-6-9-15-12-13-17(18(15)20)14(2)19-16-10-7-5-8-11-16/h5,7-8,10-11,15,17H,3-4,6,9,12-13H2,1-2H3. The van der Waals surface area contributed by atoms with Crippen LogP contribution in [0.25, 0.3) is 0 Å². The quantitative estimate of drug-likeness (QED) is 0.531. The van der Waals surface area contributed by atoms with E-state index < -0.39 is 0 Å². The fraction of sp³-hybridized carbons (Fsp3) is 0.556. The number of carbonyl (C=O) groups excluding carboxylic acids is 1. The van der Waals surface area contributed by atoms with Crippen molar-refractivity contribution >= 4 is 17.2 Å². The highest BCUT2D eigenvalue weighted by Crippen LogP contribution is 2.32. The molecule has 1 saturated carbocycles. The van der Waals surface area contributed by atoms with Gasteiger partial charge in [-0.3, -0.25) is 9.79 Å². The summed E-state index contributed by atoms with van der Waals surface area (Å²) in [5, 5.41) is 0. The fourth-order valence-electron chi connectivity index (χ4n) is 3.06. The average molecular weight is 271 g/mol. The molecule has 1 aliphatic carbocycles. The SMILES string of the molecule is CCCCCC1CCC(C(C)=Nc2ccccc2)C1=O. The summed E-state index contributed by atoms with van der Waals surface area (Å²) in [4.78, 5) is 17.1. The molecule has 0 spiro atoms. The number of aliphatic imine (C=N–C) groups is 1. The van der Waals surface area contributed by atoms with Crippen LogP contribution in [0, 0.1) is 11.8 Å². The lowest BCUT2D eigenvalue weighted by molar-refractivity contribution is -0.122. The van der Waals surface area contributed by atoms with Crippen LogP contribution in [-0.2, 0) is 4.79 Å². The third kappa shape index (κ3) is 3.78. The zero-order chi connectivity index (χ0) is 14.4. The molecule has 0 amide bonds. The summed E-state index contributed by atoms with van der Waals surface area (Å²) in [5.41, 5.74) is 1.94. The third-order valence-corrected chi connectivity index (χ3v) is 4.27. The molecule has 1 aliphatic rings. The molecule has 2 rings (SSSR count). The maximum absolute atomic E-state index is 12.5. The van der Waals surface area contributed by atoms with Gasteiger partial charge in [-0.2, -0.15) is 0 Å². The molecule has 2 heteroatoms. The van der Waals surface area contributed by atoms with Crippen LogP contribution in [0.2, 0.25) is 0 Å². The van der Waals surface area contributed by atoms with Gasteiger partial charge in [0.05, 0.1) is 11.6 Å². The monoisotopic (exact) mass is 271 g/mol. The van der Waals surface area contributed by atoms with Crippen LogP contribution in [0.4, 0.5) is 5.69 Å². The first-order chi connectivity index (χ1) is 9.72. The molecule has 1 aromatic carbocycles. The summed E-state index contributed by atoms with van der Waals surface area (Å²) in [7, 11) is 0. The van der Waals surface area contributed by atoms with Crippen LogP contribution in [0.15, 0.2) is 35.3 Å². The van der Waals surface area contributed by atoms with Gasteiger partial charge in [0.1, 0.15) is 5.78 Å². The van der Waals surface area contributed by atoms with Crippen molar-refractivity contribution in [3.63, 3.8) is 0 Å². The summed E-state index contributed by atoms with van der Waals surface area (Å²) >= 11 is 0. The normalized spacial score (nSPS) is 23.3. The van der Waals surface area contributed by atoms with E-state index in [0.29, 0.717) is 5.78 Å². The minimum atomic E-state index is 0.0573. The summed E-state index contributed by atoms with van der Waals surface area (Å²) in [5.74, 6) is 0.771. The molecule has 0 radical (unpaired) electrons. The maximum Gasteiger partial charge on any atom is 0.144 e. The largest absolute Gasteiger partial charge is 0.299 e. The minimum absolute atomic E-state index is 0.0573. The van der Waals surface area contributed by atoms with E-state index >= 15 is 0 Å². The molecule has 0 heterocycles. The zero-order valence-electron chi connectivity index (χ0n) is 12.6.